The van der Waals surface area contributed by atoms with Crippen molar-refractivity contribution < 1.29 is 40.2 Å². The molecule has 9 heteroatoms. The Kier molecular flexibility index (Phi) is 6.47. The third-order valence-electron chi connectivity index (χ3n) is 3.39. The molecule has 0 radical (unpaired) electrons. The summed E-state index contributed by atoms with van der Waals surface area (Å²) in [7, 11) is 0. The molecule has 0 saturated carbocycles. The average Bonchev–Trinajstić information content (AvgIpc) is 2.38. The lowest BCUT2D eigenvalue weighted by Gasteiger charge is -2.40. The van der Waals surface area contributed by atoms with E-state index in [0.29, 0.717) is 0 Å². The summed E-state index contributed by atoms with van der Waals surface area (Å²) < 4.78 is 5.10. The van der Waals surface area contributed by atoms with Gasteiger partial charge in [-0.05, 0) is 13.3 Å². The van der Waals surface area contributed by atoms with E-state index in [1.807, 2.05) is 0 Å². The molecule has 124 valence electrons. The number of carbonyl (C=O) groups is 1. The maximum atomic E-state index is 11.8. The molecule has 0 aromatic heterocycles. The van der Waals surface area contributed by atoms with Gasteiger partial charge in [0.2, 0.25) is 5.91 Å². The fourth-order valence-corrected chi connectivity index (χ4v) is 2.11. The Morgan fingerprint density at radius 3 is 2.33 bits per heavy atom. The second kappa shape index (κ2) is 7.45. The van der Waals surface area contributed by atoms with E-state index in [-0.39, 0.29) is 19.4 Å². The number of ether oxygens (including phenoxy) is 1. The molecular weight excluding hydrogens is 286 g/mol. The summed E-state index contributed by atoms with van der Waals surface area (Å²) in [5, 5.41) is 58.8. The number of aliphatic hydroxyl groups is 6. The van der Waals surface area contributed by atoms with Crippen molar-refractivity contribution in [2.45, 2.75) is 56.0 Å². The highest BCUT2D eigenvalue weighted by atomic mass is 16.6. The van der Waals surface area contributed by atoms with Crippen molar-refractivity contribution in [2.75, 3.05) is 13.2 Å². The van der Waals surface area contributed by atoms with Gasteiger partial charge in [0, 0.05) is 6.61 Å². The van der Waals surface area contributed by atoms with Gasteiger partial charge in [-0.15, -0.1) is 0 Å². The molecule has 1 heterocycles. The number of rotatable bonds is 6. The van der Waals surface area contributed by atoms with Gasteiger partial charge in [-0.1, -0.05) is 0 Å². The van der Waals surface area contributed by atoms with Crippen molar-refractivity contribution >= 4 is 5.91 Å². The summed E-state index contributed by atoms with van der Waals surface area (Å²) in [6.45, 7) is 0.482. The number of nitrogens with one attached hydrogen (secondary N) is 1. The van der Waals surface area contributed by atoms with Crippen LogP contribution < -0.4 is 5.32 Å². The van der Waals surface area contributed by atoms with Crippen LogP contribution in [0.5, 0.6) is 0 Å². The molecular formula is C12H23NO8. The minimum Gasteiger partial charge on any atom is -0.396 e. The number of aliphatic hydroxyl groups excluding tert-OH is 5. The Morgan fingerprint density at radius 2 is 1.81 bits per heavy atom. The number of amides is 1. The molecule has 1 saturated heterocycles. The summed E-state index contributed by atoms with van der Waals surface area (Å²) in [5.41, 5.74) is -1.42. The third kappa shape index (κ3) is 4.85. The minimum absolute atomic E-state index is 0.00486. The van der Waals surface area contributed by atoms with E-state index in [4.69, 9.17) is 14.9 Å². The summed E-state index contributed by atoms with van der Waals surface area (Å²) in [4.78, 5) is 11.8. The van der Waals surface area contributed by atoms with Crippen molar-refractivity contribution in [3.05, 3.63) is 0 Å². The van der Waals surface area contributed by atoms with Crippen molar-refractivity contribution in [1.29, 1.82) is 0 Å². The zero-order valence-corrected chi connectivity index (χ0v) is 11.7. The van der Waals surface area contributed by atoms with Gasteiger partial charge in [0.05, 0.1) is 18.6 Å². The fourth-order valence-electron chi connectivity index (χ4n) is 2.11. The Balaban J connectivity index is 2.62. The molecule has 21 heavy (non-hydrogen) atoms. The molecule has 9 nitrogen and oxygen atoms in total. The van der Waals surface area contributed by atoms with Gasteiger partial charge in [0.1, 0.15) is 24.4 Å². The van der Waals surface area contributed by atoms with Gasteiger partial charge in [-0.3, -0.25) is 4.79 Å². The highest BCUT2D eigenvalue weighted by Crippen LogP contribution is 2.20. The molecule has 1 aliphatic heterocycles. The van der Waals surface area contributed by atoms with E-state index in [1.54, 1.807) is 0 Å². The van der Waals surface area contributed by atoms with Crippen LogP contribution in [0.1, 0.15) is 19.8 Å². The Morgan fingerprint density at radius 1 is 1.19 bits per heavy atom. The molecule has 1 unspecified atom stereocenters. The van der Waals surface area contributed by atoms with Gasteiger partial charge in [0.15, 0.2) is 6.23 Å². The van der Waals surface area contributed by atoms with E-state index in [9.17, 15) is 25.2 Å². The molecule has 7 N–H and O–H groups in total. The minimum atomic E-state index is -1.58. The third-order valence-corrected chi connectivity index (χ3v) is 3.39. The second-order valence-electron chi connectivity index (χ2n) is 5.46. The van der Waals surface area contributed by atoms with Crippen molar-refractivity contribution in [2.24, 2.45) is 0 Å². The number of hydrogen-bond donors (Lipinski definition) is 7. The zero-order valence-electron chi connectivity index (χ0n) is 11.7. The predicted molar refractivity (Wildman–Crippen MR) is 68.9 cm³/mol. The molecule has 1 rings (SSSR count). The Bertz CT molecular complexity index is 348. The van der Waals surface area contributed by atoms with E-state index in [0.717, 1.165) is 0 Å². The molecule has 1 fully saturated rings. The van der Waals surface area contributed by atoms with Crippen molar-refractivity contribution in [3.8, 4) is 0 Å². The van der Waals surface area contributed by atoms with Gasteiger partial charge in [-0.2, -0.15) is 0 Å². The van der Waals surface area contributed by atoms with Crippen LogP contribution in [0.2, 0.25) is 0 Å². The van der Waals surface area contributed by atoms with Gasteiger partial charge in [0.25, 0.3) is 0 Å². The van der Waals surface area contributed by atoms with Crippen LogP contribution in [-0.2, 0) is 9.53 Å². The lowest BCUT2D eigenvalue weighted by molar-refractivity contribution is -0.236. The second-order valence-corrected chi connectivity index (χ2v) is 5.46. The van der Waals surface area contributed by atoms with Crippen LogP contribution in [0.3, 0.4) is 0 Å². The zero-order chi connectivity index (χ0) is 16.2. The molecule has 1 amide bonds. The Hall–Kier alpha value is -0.810. The molecule has 6 atom stereocenters. The van der Waals surface area contributed by atoms with Crippen LogP contribution >= 0.6 is 0 Å². The molecule has 0 spiro atoms. The highest BCUT2D eigenvalue weighted by Gasteiger charge is 2.44. The average molecular weight is 309 g/mol. The van der Waals surface area contributed by atoms with E-state index < -0.39 is 48.8 Å². The topological polar surface area (TPSA) is 160 Å². The van der Waals surface area contributed by atoms with Crippen molar-refractivity contribution in [1.82, 2.24) is 5.32 Å². The largest absolute Gasteiger partial charge is 0.396 e. The quantitative estimate of drug-likeness (QED) is 0.265. The van der Waals surface area contributed by atoms with Gasteiger partial charge in [-0.25, -0.2) is 0 Å². The van der Waals surface area contributed by atoms with E-state index in [1.165, 1.54) is 6.92 Å². The number of hydrogen-bond acceptors (Lipinski definition) is 8. The molecule has 0 aromatic rings. The summed E-state index contributed by atoms with van der Waals surface area (Å²) in [6.07, 6.45) is -7.45. The SMILES string of the molecule is C[C@@](O)(CCO)CC(=O)NC1O[C@H](CO)[C@@H](O)[C@H](O)[C@H]1O. The first kappa shape index (κ1) is 18.2. The summed E-state index contributed by atoms with van der Waals surface area (Å²) in [6, 6.07) is 0. The van der Waals surface area contributed by atoms with Crippen LogP contribution in [0.25, 0.3) is 0 Å². The van der Waals surface area contributed by atoms with Crippen LogP contribution in [-0.4, -0.2) is 86.0 Å². The van der Waals surface area contributed by atoms with Crippen LogP contribution in [0, 0.1) is 0 Å². The maximum Gasteiger partial charge on any atom is 0.224 e. The number of carbonyl (C=O) groups excluding carboxylic acids is 1. The maximum absolute atomic E-state index is 11.8. The molecule has 0 bridgehead atoms. The normalized spacial score (nSPS) is 36.0. The summed E-state index contributed by atoms with van der Waals surface area (Å²) >= 11 is 0. The highest BCUT2D eigenvalue weighted by molar-refractivity contribution is 5.77. The lowest BCUT2D eigenvalue weighted by Crippen LogP contribution is -2.63. The first-order valence-corrected chi connectivity index (χ1v) is 6.65. The lowest BCUT2D eigenvalue weighted by atomic mass is 9.96. The molecule has 0 aliphatic carbocycles. The molecule has 0 aromatic carbocycles. The smallest absolute Gasteiger partial charge is 0.224 e. The first-order chi connectivity index (χ1) is 9.71. The first-order valence-electron chi connectivity index (χ1n) is 6.65. The van der Waals surface area contributed by atoms with E-state index >= 15 is 0 Å². The monoisotopic (exact) mass is 309 g/mol. The molecule has 1 aliphatic rings. The van der Waals surface area contributed by atoms with Crippen LogP contribution in [0.4, 0.5) is 0 Å². The van der Waals surface area contributed by atoms with E-state index in [2.05, 4.69) is 5.32 Å². The predicted octanol–water partition coefficient (Wildman–Crippen LogP) is -3.57. The fraction of sp³-hybridized carbons (Fsp3) is 0.917. The van der Waals surface area contributed by atoms with Crippen molar-refractivity contribution in [3.63, 3.8) is 0 Å². The standard InChI is InChI=1S/C12H23NO8/c1-12(20,2-3-14)4-7(16)13-11-10(19)9(18)8(17)6(5-15)21-11/h6,8-11,14-15,17-20H,2-5H2,1H3,(H,13,16)/t6-,8-,9+,10-,11?,12-/m1/s1. The van der Waals surface area contributed by atoms with Gasteiger partial charge < -0.3 is 40.7 Å². The van der Waals surface area contributed by atoms with Gasteiger partial charge >= 0.3 is 0 Å². The summed E-state index contributed by atoms with van der Waals surface area (Å²) in [5.74, 6) is -0.669. The van der Waals surface area contributed by atoms with Crippen LogP contribution in [0.15, 0.2) is 0 Å². The Labute approximate surface area is 121 Å².